The van der Waals surface area contributed by atoms with Crippen LogP contribution in [-0.4, -0.2) is 48.6 Å². The van der Waals surface area contributed by atoms with Gasteiger partial charge in [0.2, 0.25) is 0 Å². The Hall–Kier alpha value is -2.83. The Kier molecular flexibility index (Phi) is 7.82. The molecule has 2 rings (SSSR count). The van der Waals surface area contributed by atoms with Crippen molar-refractivity contribution in [3.8, 4) is 0 Å². The van der Waals surface area contributed by atoms with Crippen molar-refractivity contribution >= 4 is 46.6 Å². The number of hydrogen-bond donors (Lipinski definition) is 1. The Labute approximate surface area is 178 Å². The van der Waals surface area contributed by atoms with Crippen LogP contribution in [0.2, 0.25) is 10.0 Å². The Morgan fingerprint density at radius 3 is 2.31 bits per heavy atom. The molecule has 0 saturated heterocycles. The van der Waals surface area contributed by atoms with Crippen LogP contribution >= 0.6 is 23.2 Å². The zero-order valence-corrected chi connectivity index (χ0v) is 17.3. The zero-order valence-electron chi connectivity index (χ0n) is 15.8. The van der Waals surface area contributed by atoms with Gasteiger partial charge in [-0.1, -0.05) is 47.5 Å². The van der Waals surface area contributed by atoms with Gasteiger partial charge in [-0.05, 0) is 23.8 Å². The molecule has 6 nitrogen and oxygen atoms in total. The Morgan fingerprint density at radius 1 is 1.07 bits per heavy atom. The molecule has 0 heterocycles. The fourth-order valence-corrected chi connectivity index (χ4v) is 3.22. The average molecular weight is 436 g/mol. The van der Waals surface area contributed by atoms with Gasteiger partial charge in [0.25, 0.3) is 5.91 Å². The van der Waals surface area contributed by atoms with Crippen LogP contribution < -0.4 is 0 Å². The Balaban J connectivity index is 2.26. The summed E-state index contributed by atoms with van der Waals surface area (Å²) in [6.07, 6.45) is 0.997. The molecular formula is C21H19Cl2NO5. The molecule has 2 aromatic carbocycles. The first-order valence-corrected chi connectivity index (χ1v) is 9.33. The number of carbonyl (C=O) groups is 3. The zero-order chi connectivity index (χ0) is 21.6. The van der Waals surface area contributed by atoms with E-state index >= 15 is 0 Å². The molecule has 1 N–H and O–H groups in total. The van der Waals surface area contributed by atoms with Gasteiger partial charge in [-0.2, -0.15) is 0 Å². The van der Waals surface area contributed by atoms with Gasteiger partial charge in [0.05, 0.1) is 22.8 Å². The second-order valence-corrected chi connectivity index (χ2v) is 7.02. The van der Waals surface area contributed by atoms with Crippen LogP contribution in [0.4, 0.5) is 0 Å². The maximum atomic E-state index is 12.4. The summed E-state index contributed by atoms with van der Waals surface area (Å²) in [5.74, 6) is -2.28. The molecular weight excluding hydrogens is 417 g/mol. The minimum absolute atomic E-state index is 0.0101. The molecule has 0 aliphatic rings. The fourth-order valence-electron chi connectivity index (χ4n) is 2.56. The molecule has 0 bridgehead atoms. The van der Waals surface area contributed by atoms with E-state index in [1.54, 1.807) is 30.3 Å². The van der Waals surface area contributed by atoms with Crippen molar-refractivity contribution in [2.75, 3.05) is 20.7 Å². The lowest BCUT2D eigenvalue weighted by molar-refractivity contribution is -0.131. The normalized spacial score (nSPS) is 11.1. The molecule has 0 saturated carbocycles. The predicted octanol–water partition coefficient (Wildman–Crippen LogP) is 3.95. The lowest BCUT2D eigenvalue weighted by Crippen LogP contribution is -2.23. The minimum Gasteiger partial charge on any atom is -0.478 e. The molecule has 152 valence electrons. The summed E-state index contributed by atoms with van der Waals surface area (Å²) < 4.78 is 5.25. The molecule has 0 aliphatic carbocycles. The molecule has 1 amide bonds. The average Bonchev–Trinajstić information content (AvgIpc) is 2.68. The number of benzene rings is 2. The van der Waals surface area contributed by atoms with Gasteiger partial charge < -0.3 is 14.7 Å². The number of hydrogen-bond acceptors (Lipinski definition) is 4. The first-order chi connectivity index (χ1) is 13.7. The highest BCUT2D eigenvalue weighted by atomic mass is 35.5. The summed E-state index contributed by atoms with van der Waals surface area (Å²) in [6.45, 7) is 0.0101. The number of likely N-dealkylation sites (N-methyl/N-ethyl adjacent to an activating group) is 1. The van der Waals surface area contributed by atoms with E-state index in [-0.39, 0.29) is 29.2 Å². The summed E-state index contributed by atoms with van der Waals surface area (Å²) >= 11 is 12.7. The first-order valence-electron chi connectivity index (χ1n) is 8.58. The van der Waals surface area contributed by atoms with E-state index < -0.39 is 17.8 Å². The number of carboxylic acid groups (broad SMARTS) is 1. The summed E-state index contributed by atoms with van der Waals surface area (Å²) in [7, 11) is 3.01. The number of esters is 1. The minimum atomic E-state index is -1.28. The maximum Gasteiger partial charge on any atom is 0.338 e. The van der Waals surface area contributed by atoms with E-state index in [1.807, 2.05) is 0 Å². The standard InChI is InChI=1S/C21H19Cl2NO5/c1-24(2)20(27)16(12-18(25)26)14-8-9-17(22)15(19(14)23)10-11-29-21(28)13-6-4-3-5-7-13/h3-9,12H,10-11H2,1-2H3,(H,25,26). The molecule has 0 fully saturated rings. The van der Waals surface area contributed by atoms with Gasteiger partial charge in [-0.25, -0.2) is 9.59 Å². The number of halogens is 2. The highest BCUT2D eigenvalue weighted by molar-refractivity contribution is 6.39. The van der Waals surface area contributed by atoms with Gasteiger partial charge in [-0.3, -0.25) is 4.79 Å². The van der Waals surface area contributed by atoms with Crippen LogP contribution in [0.3, 0.4) is 0 Å². The lowest BCUT2D eigenvalue weighted by Gasteiger charge is -2.17. The molecule has 0 aromatic heterocycles. The fraction of sp³-hybridized carbons (Fsp3) is 0.190. The van der Waals surface area contributed by atoms with Crippen LogP contribution in [0.25, 0.3) is 5.57 Å². The van der Waals surface area contributed by atoms with Crippen molar-refractivity contribution < 1.29 is 24.2 Å². The highest BCUT2D eigenvalue weighted by Gasteiger charge is 2.21. The number of carboxylic acids is 1. The van der Waals surface area contributed by atoms with E-state index in [9.17, 15) is 14.4 Å². The van der Waals surface area contributed by atoms with Crippen LogP contribution in [0.5, 0.6) is 0 Å². The smallest absolute Gasteiger partial charge is 0.338 e. The molecule has 0 aliphatic heterocycles. The summed E-state index contributed by atoms with van der Waals surface area (Å²) in [6, 6.07) is 11.5. The second kappa shape index (κ2) is 10.1. The van der Waals surface area contributed by atoms with Crippen molar-refractivity contribution in [2.24, 2.45) is 0 Å². The van der Waals surface area contributed by atoms with Gasteiger partial charge in [0, 0.05) is 37.2 Å². The third-order valence-corrected chi connectivity index (χ3v) is 4.76. The number of nitrogens with zero attached hydrogens (tertiary/aromatic N) is 1. The molecule has 0 atom stereocenters. The third-order valence-electron chi connectivity index (χ3n) is 3.98. The second-order valence-electron chi connectivity index (χ2n) is 6.24. The van der Waals surface area contributed by atoms with Crippen LogP contribution in [0.15, 0.2) is 48.5 Å². The van der Waals surface area contributed by atoms with Gasteiger partial charge in [0.1, 0.15) is 0 Å². The van der Waals surface area contributed by atoms with E-state index in [4.69, 9.17) is 33.0 Å². The van der Waals surface area contributed by atoms with Gasteiger partial charge >= 0.3 is 11.9 Å². The number of rotatable bonds is 7. The van der Waals surface area contributed by atoms with Gasteiger partial charge in [0.15, 0.2) is 0 Å². The number of carbonyl (C=O) groups excluding carboxylic acids is 2. The maximum absolute atomic E-state index is 12.4. The SMILES string of the molecule is CN(C)C(=O)C(=CC(=O)O)c1ccc(Cl)c(CCOC(=O)c2ccccc2)c1Cl. The topological polar surface area (TPSA) is 83.9 Å². The van der Waals surface area contributed by atoms with Crippen molar-refractivity contribution in [2.45, 2.75) is 6.42 Å². The van der Waals surface area contributed by atoms with Crippen LogP contribution in [-0.2, 0) is 20.7 Å². The van der Waals surface area contributed by atoms with Crippen molar-refractivity contribution in [1.82, 2.24) is 4.90 Å². The summed E-state index contributed by atoms with van der Waals surface area (Å²) in [4.78, 5) is 36.9. The first kappa shape index (κ1) is 22.5. The summed E-state index contributed by atoms with van der Waals surface area (Å²) in [5.41, 5.74) is 1.03. The monoisotopic (exact) mass is 435 g/mol. The van der Waals surface area contributed by atoms with Crippen molar-refractivity contribution in [3.05, 3.63) is 75.3 Å². The van der Waals surface area contributed by atoms with E-state index in [2.05, 4.69) is 0 Å². The van der Waals surface area contributed by atoms with Crippen molar-refractivity contribution in [3.63, 3.8) is 0 Å². The van der Waals surface area contributed by atoms with E-state index in [0.717, 1.165) is 6.08 Å². The number of ether oxygens (including phenoxy) is 1. The Bertz CT molecular complexity index is 955. The quantitative estimate of drug-likeness (QED) is 0.525. The molecule has 0 unspecified atom stereocenters. The third kappa shape index (κ3) is 5.82. The predicted molar refractivity (Wildman–Crippen MR) is 111 cm³/mol. The Morgan fingerprint density at radius 2 is 1.72 bits per heavy atom. The van der Waals surface area contributed by atoms with E-state index in [1.165, 1.54) is 31.1 Å². The van der Waals surface area contributed by atoms with Gasteiger partial charge in [-0.15, -0.1) is 0 Å². The largest absolute Gasteiger partial charge is 0.478 e. The molecule has 2 aromatic rings. The lowest BCUT2D eigenvalue weighted by atomic mass is 10.00. The van der Waals surface area contributed by atoms with Crippen LogP contribution in [0, 0.1) is 0 Å². The number of aliphatic carboxylic acids is 1. The van der Waals surface area contributed by atoms with Crippen molar-refractivity contribution in [1.29, 1.82) is 0 Å². The molecule has 29 heavy (non-hydrogen) atoms. The highest BCUT2D eigenvalue weighted by Crippen LogP contribution is 2.33. The molecule has 8 heteroatoms. The van der Waals surface area contributed by atoms with E-state index in [0.29, 0.717) is 16.1 Å². The molecule has 0 radical (unpaired) electrons. The summed E-state index contributed by atoms with van der Waals surface area (Å²) in [5, 5.41) is 9.58. The molecule has 0 spiro atoms. The van der Waals surface area contributed by atoms with Crippen LogP contribution in [0.1, 0.15) is 21.5 Å². The number of amides is 1.